The van der Waals surface area contributed by atoms with Gasteiger partial charge in [-0.15, -0.1) is 0 Å². The summed E-state index contributed by atoms with van der Waals surface area (Å²) in [6.45, 7) is 21.2. The molecule has 0 bridgehead atoms. The highest BCUT2D eigenvalue weighted by molar-refractivity contribution is 7.86. The van der Waals surface area contributed by atoms with Crippen molar-refractivity contribution in [1.82, 2.24) is 9.80 Å². The second-order valence-corrected chi connectivity index (χ2v) is 9.95. The van der Waals surface area contributed by atoms with Gasteiger partial charge in [0.25, 0.3) is 0 Å². The number of hydrogen-bond acceptors (Lipinski definition) is 3. The van der Waals surface area contributed by atoms with E-state index in [0.717, 1.165) is 0 Å². The summed E-state index contributed by atoms with van der Waals surface area (Å²) in [6, 6.07) is 0. The van der Waals surface area contributed by atoms with Crippen molar-refractivity contribution >= 4 is 16.1 Å². The average molecular weight is 518 g/mol. The van der Waals surface area contributed by atoms with Crippen LogP contribution in [0.2, 0.25) is 0 Å². The molecule has 0 aliphatic rings. The molecule has 206 valence electrons. The van der Waals surface area contributed by atoms with Gasteiger partial charge in [-0.3, -0.25) is 14.4 Å². The van der Waals surface area contributed by atoms with Gasteiger partial charge in [0.15, 0.2) is 10.1 Å². The highest BCUT2D eigenvalue weighted by Gasteiger charge is 2.37. The molecule has 0 saturated heterocycles. The largest absolute Gasteiger partial charge is 0.741 e. The maximum absolute atomic E-state index is 10.7. The van der Waals surface area contributed by atoms with E-state index in [-0.39, 0.29) is 0 Å². The van der Waals surface area contributed by atoms with E-state index in [1.54, 1.807) is 5.96 Å². The lowest BCUT2D eigenvalue weighted by Gasteiger charge is -2.31. The van der Waals surface area contributed by atoms with Gasteiger partial charge in [-0.2, -0.15) is 13.2 Å². The van der Waals surface area contributed by atoms with E-state index in [2.05, 4.69) is 55.9 Å². The number of alkyl halides is 3. The first-order chi connectivity index (χ1) is 15.9. The molecule has 0 fully saturated rings. The van der Waals surface area contributed by atoms with Crippen LogP contribution in [0.25, 0.3) is 0 Å². The minimum Gasteiger partial charge on any atom is -0.741 e. The lowest BCUT2D eigenvalue weighted by molar-refractivity contribution is -0.538. The van der Waals surface area contributed by atoms with Gasteiger partial charge >= 0.3 is 11.5 Å². The van der Waals surface area contributed by atoms with Gasteiger partial charge in [-0.05, 0) is 38.5 Å². The molecule has 10 heteroatoms. The monoisotopic (exact) mass is 517 g/mol. The topological polar surface area (TPSA) is 66.7 Å². The molecule has 0 N–H and O–H groups in total. The zero-order valence-electron chi connectivity index (χ0n) is 22.4. The minimum absolute atomic E-state index is 1.19. The summed E-state index contributed by atoms with van der Waals surface area (Å²) >= 11 is 0. The average Bonchev–Trinajstić information content (AvgIpc) is 2.75. The molecule has 0 aliphatic carbocycles. The summed E-state index contributed by atoms with van der Waals surface area (Å²) in [6.07, 6.45) is 12.8. The summed E-state index contributed by atoms with van der Waals surface area (Å²) in [5.74, 6) is 1.55. The van der Waals surface area contributed by atoms with Gasteiger partial charge in [0.1, 0.15) is 0 Å². The van der Waals surface area contributed by atoms with E-state index >= 15 is 0 Å². The molecule has 0 rings (SSSR count). The van der Waals surface area contributed by atoms with Gasteiger partial charge in [-0.25, -0.2) is 8.42 Å². The SMILES string of the molecule is CCCCN(CCCC)C(N(CCCC)CCCC)=[N+](CCC)CCC.O=S(=O)([O-])C(F)(F)F. The van der Waals surface area contributed by atoms with E-state index in [1.165, 1.54) is 103 Å². The molecule has 0 aromatic carbocycles. The molecule has 0 atom stereocenters. The maximum Gasteiger partial charge on any atom is 0.485 e. The molecule has 0 radical (unpaired) electrons. The molecule has 0 unspecified atom stereocenters. The standard InChI is InChI=1S/C23H50N3.CHF3O3S/c1-7-13-19-25(20-14-8-2)23(24(17-11-5)18-12-6)26(21-15-9-3)22-16-10-4;2-1(3,4)8(5,6)7/h7-22H2,1-6H3;(H,5,6,7)/q+1;/p-1. The van der Waals surface area contributed by atoms with Gasteiger partial charge in [0.2, 0.25) is 0 Å². The summed E-state index contributed by atoms with van der Waals surface area (Å²) in [7, 11) is -6.09. The van der Waals surface area contributed by atoms with Gasteiger partial charge in [0.05, 0.1) is 39.3 Å². The van der Waals surface area contributed by atoms with Crippen molar-refractivity contribution in [3.05, 3.63) is 0 Å². The van der Waals surface area contributed by atoms with Crippen LogP contribution in [0.15, 0.2) is 0 Å². The fraction of sp³-hybridized carbons (Fsp3) is 0.958. The first-order valence-corrected chi connectivity index (χ1v) is 14.5. The lowest BCUT2D eigenvalue weighted by Crippen LogP contribution is -2.51. The van der Waals surface area contributed by atoms with Gasteiger partial charge in [0, 0.05) is 0 Å². The molecule has 0 aromatic rings. The van der Waals surface area contributed by atoms with Crippen LogP contribution in [-0.2, 0) is 10.1 Å². The van der Waals surface area contributed by atoms with Crippen molar-refractivity contribution in [2.75, 3.05) is 39.3 Å². The Morgan fingerprint density at radius 2 is 0.941 bits per heavy atom. The van der Waals surface area contributed by atoms with Crippen LogP contribution in [0.4, 0.5) is 13.2 Å². The summed E-state index contributed by atoms with van der Waals surface area (Å²) < 4.78 is 61.6. The zero-order chi connectivity index (χ0) is 26.6. The van der Waals surface area contributed by atoms with Crippen LogP contribution in [0.1, 0.15) is 106 Å². The minimum atomic E-state index is -6.09. The predicted molar refractivity (Wildman–Crippen MR) is 134 cm³/mol. The number of halogens is 3. The quantitative estimate of drug-likeness (QED) is 0.0822. The van der Waals surface area contributed by atoms with Crippen molar-refractivity contribution in [2.24, 2.45) is 0 Å². The number of rotatable bonds is 16. The third kappa shape index (κ3) is 15.8. The zero-order valence-corrected chi connectivity index (χ0v) is 23.2. The van der Waals surface area contributed by atoms with E-state index in [4.69, 9.17) is 13.0 Å². The highest BCUT2D eigenvalue weighted by atomic mass is 32.2. The molecular weight excluding hydrogens is 467 g/mol. The summed E-state index contributed by atoms with van der Waals surface area (Å²) in [4.78, 5) is 5.48. The summed E-state index contributed by atoms with van der Waals surface area (Å²) in [5, 5.41) is 0. The Kier molecular flexibility index (Phi) is 20.9. The van der Waals surface area contributed by atoms with Crippen LogP contribution in [0.5, 0.6) is 0 Å². The Morgan fingerprint density at radius 1 is 0.676 bits per heavy atom. The van der Waals surface area contributed by atoms with E-state index in [0.29, 0.717) is 0 Å². The van der Waals surface area contributed by atoms with Crippen molar-refractivity contribution in [1.29, 1.82) is 0 Å². The molecule has 34 heavy (non-hydrogen) atoms. The highest BCUT2D eigenvalue weighted by Crippen LogP contribution is 2.20. The molecule has 0 aliphatic heterocycles. The number of nitrogens with zero attached hydrogens (tertiary/aromatic N) is 3. The van der Waals surface area contributed by atoms with Crippen LogP contribution in [-0.4, -0.2) is 78.1 Å². The van der Waals surface area contributed by atoms with Gasteiger partial charge < -0.3 is 4.55 Å². The Hall–Kier alpha value is -1.03. The number of guanidine groups is 1. The molecule has 0 aromatic heterocycles. The maximum atomic E-state index is 10.7. The lowest BCUT2D eigenvalue weighted by atomic mass is 10.2. The van der Waals surface area contributed by atoms with Crippen LogP contribution in [0.3, 0.4) is 0 Å². The molecule has 0 heterocycles. The Labute approximate surface area is 207 Å². The van der Waals surface area contributed by atoms with Crippen LogP contribution >= 0.6 is 0 Å². The number of hydrogen-bond donors (Lipinski definition) is 0. The predicted octanol–water partition coefficient (Wildman–Crippen LogP) is 6.03. The van der Waals surface area contributed by atoms with Crippen molar-refractivity contribution in [3.63, 3.8) is 0 Å². The first kappa shape index (κ1) is 35.1. The van der Waals surface area contributed by atoms with E-state index in [1.807, 2.05) is 0 Å². The van der Waals surface area contributed by atoms with Crippen molar-refractivity contribution in [2.45, 2.75) is 111 Å². The second kappa shape index (κ2) is 20.2. The normalized spacial score (nSPS) is 11.6. The van der Waals surface area contributed by atoms with Crippen LogP contribution in [0, 0.1) is 0 Å². The van der Waals surface area contributed by atoms with Gasteiger partial charge in [-0.1, -0.05) is 67.2 Å². The Bertz CT molecular complexity index is 581. The van der Waals surface area contributed by atoms with Crippen LogP contribution < -0.4 is 0 Å². The molecule has 0 saturated carbocycles. The third-order valence-corrected chi connectivity index (χ3v) is 5.81. The number of unbranched alkanes of at least 4 members (excludes halogenated alkanes) is 4. The molecule has 0 spiro atoms. The van der Waals surface area contributed by atoms with E-state index in [9.17, 15) is 13.2 Å². The molecule has 0 amide bonds. The van der Waals surface area contributed by atoms with E-state index < -0.39 is 15.6 Å². The fourth-order valence-corrected chi connectivity index (χ4v) is 3.47. The molecule has 6 nitrogen and oxygen atoms in total. The second-order valence-electron chi connectivity index (χ2n) is 8.58. The Balaban J connectivity index is 0. The van der Waals surface area contributed by atoms with Crippen molar-refractivity contribution < 1.29 is 30.7 Å². The Morgan fingerprint density at radius 3 is 1.12 bits per heavy atom. The van der Waals surface area contributed by atoms with Crippen molar-refractivity contribution in [3.8, 4) is 0 Å². The first-order valence-electron chi connectivity index (χ1n) is 13.1. The smallest absolute Gasteiger partial charge is 0.485 e. The molecular formula is C24H50F3N3O3S. The fourth-order valence-electron chi connectivity index (χ4n) is 3.47. The third-order valence-electron chi connectivity index (χ3n) is 5.25. The summed E-state index contributed by atoms with van der Waals surface area (Å²) in [5.41, 5.74) is -5.65.